The minimum atomic E-state index is -3.65. The number of nitrogens with one attached hydrogen (secondary N) is 1. The maximum atomic E-state index is 13.0. The van der Waals surface area contributed by atoms with Gasteiger partial charge >= 0.3 is 0 Å². The fourth-order valence-electron chi connectivity index (χ4n) is 3.95. The SMILES string of the molecule is Cc1cc(C)c(S(=O)(=O)Nc2ccc3oc4c(c3c2)C[C@@H](C)CC4)cc1C. The fraction of sp³-hybridized carbons (Fsp3) is 0.364. The zero-order chi connectivity index (χ0) is 19.3. The van der Waals surface area contributed by atoms with Crippen molar-refractivity contribution in [3.8, 4) is 0 Å². The van der Waals surface area contributed by atoms with Gasteiger partial charge in [-0.15, -0.1) is 0 Å². The first-order chi connectivity index (χ1) is 12.7. The average Bonchev–Trinajstić information content (AvgIpc) is 2.95. The van der Waals surface area contributed by atoms with Gasteiger partial charge < -0.3 is 4.42 Å². The molecule has 0 radical (unpaired) electrons. The first kappa shape index (κ1) is 18.1. The van der Waals surface area contributed by atoms with E-state index in [1.807, 2.05) is 39.0 Å². The van der Waals surface area contributed by atoms with Crippen LogP contribution in [0.15, 0.2) is 39.6 Å². The number of sulfonamides is 1. The lowest BCUT2D eigenvalue weighted by molar-refractivity contribution is 0.438. The van der Waals surface area contributed by atoms with Crippen LogP contribution in [-0.2, 0) is 22.9 Å². The first-order valence-corrected chi connectivity index (χ1v) is 10.9. The van der Waals surface area contributed by atoms with Crippen molar-refractivity contribution in [3.05, 3.63) is 58.3 Å². The third-order valence-electron chi connectivity index (χ3n) is 5.62. The molecule has 0 saturated carbocycles. The van der Waals surface area contributed by atoms with Crippen molar-refractivity contribution in [3.63, 3.8) is 0 Å². The second-order valence-corrected chi connectivity index (χ2v) is 9.52. The van der Waals surface area contributed by atoms with Crippen molar-refractivity contribution in [2.75, 3.05) is 4.72 Å². The maximum Gasteiger partial charge on any atom is 0.262 e. The third kappa shape index (κ3) is 3.25. The highest BCUT2D eigenvalue weighted by atomic mass is 32.2. The Morgan fingerprint density at radius 2 is 1.78 bits per heavy atom. The van der Waals surface area contributed by atoms with Crippen LogP contribution in [0.25, 0.3) is 11.0 Å². The van der Waals surface area contributed by atoms with Gasteiger partial charge in [-0.3, -0.25) is 4.72 Å². The smallest absolute Gasteiger partial charge is 0.262 e. The van der Waals surface area contributed by atoms with Crippen LogP contribution in [0.2, 0.25) is 0 Å². The molecule has 4 nitrogen and oxygen atoms in total. The minimum Gasteiger partial charge on any atom is -0.461 e. The number of hydrogen-bond donors (Lipinski definition) is 1. The molecule has 0 amide bonds. The van der Waals surface area contributed by atoms with Gasteiger partial charge in [0.1, 0.15) is 11.3 Å². The number of anilines is 1. The normalized spacial score (nSPS) is 17.1. The molecule has 3 aromatic rings. The molecule has 1 aromatic heterocycles. The Hall–Kier alpha value is -2.27. The fourth-order valence-corrected chi connectivity index (χ4v) is 5.31. The molecule has 142 valence electrons. The highest BCUT2D eigenvalue weighted by Crippen LogP contribution is 2.35. The Balaban J connectivity index is 1.73. The summed E-state index contributed by atoms with van der Waals surface area (Å²) in [6.07, 6.45) is 3.07. The first-order valence-electron chi connectivity index (χ1n) is 9.39. The van der Waals surface area contributed by atoms with Crippen molar-refractivity contribution < 1.29 is 12.8 Å². The monoisotopic (exact) mass is 383 g/mol. The van der Waals surface area contributed by atoms with Gasteiger partial charge in [0.2, 0.25) is 0 Å². The number of benzene rings is 2. The van der Waals surface area contributed by atoms with E-state index in [2.05, 4.69) is 11.6 Å². The number of rotatable bonds is 3. The molecule has 5 heteroatoms. The van der Waals surface area contributed by atoms with E-state index in [0.717, 1.165) is 52.7 Å². The van der Waals surface area contributed by atoms with Gasteiger partial charge in [-0.05, 0) is 80.5 Å². The summed E-state index contributed by atoms with van der Waals surface area (Å²) in [6, 6.07) is 9.20. The van der Waals surface area contributed by atoms with E-state index in [4.69, 9.17) is 4.42 Å². The molecule has 0 unspecified atom stereocenters. The van der Waals surface area contributed by atoms with E-state index >= 15 is 0 Å². The highest BCUT2D eigenvalue weighted by Gasteiger charge is 2.23. The molecular formula is C22H25NO3S. The quantitative estimate of drug-likeness (QED) is 0.669. The van der Waals surface area contributed by atoms with Crippen LogP contribution < -0.4 is 4.72 Å². The van der Waals surface area contributed by atoms with Crippen LogP contribution in [-0.4, -0.2) is 8.42 Å². The Bertz CT molecular complexity index is 1140. The van der Waals surface area contributed by atoms with Crippen molar-refractivity contribution in [1.29, 1.82) is 0 Å². The standard InChI is InChI=1S/C22H25NO3S/c1-13-5-7-20-18(9-13)19-12-17(6-8-21(19)26-20)23-27(24,25)22-11-15(3)14(2)10-16(22)4/h6,8,10-13,23H,5,7,9H2,1-4H3/t13-/m0/s1. The van der Waals surface area contributed by atoms with E-state index in [1.54, 1.807) is 12.1 Å². The van der Waals surface area contributed by atoms with Crippen LogP contribution in [0.1, 0.15) is 41.4 Å². The van der Waals surface area contributed by atoms with Crippen LogP contribution in [0.5, 0.6) is 0 Å². The zero-order valence-electron chi connectivity index (χ0n) is 16.2. The molecule has 0 aliphatic heterocycles. The molecule has 0 spiro atoms. The van der Waals surface area contributed by atoms with Crippen molar-refractivity contribution >= 4 is 26.7 Å². The van der Waals surface area contributed by atoms with Gasteiger partial charge in [0.15, 0.2) is 0 Å². The van der Waals surface area contributed by atoms with Gasteiger partial charge in [0, 0.05) is 23.1 Å². The molecule has 0 bridgehead atoms. The predicted molar refractivity (Wildman–Crippen MR) is 109 cm³/mol. The van der Waals surface area contributed by atoms with Gasteiger partial charge in [0.05, 0.1) is 4.90 Å². The van der Waals surface area contributed by atoms with E-state index in [0.29, 0.717) is 16.5 Å². The molecule has 1 heterocycles. The Morgan fingerprint density at radius 3 is 2.56 bits per heavy atom. The minimum absolute atomic E-state index is 0.327. The average molecular weight is 384 g/mol. The highest BCUT2D eigenvalue weighted by molar-refractivity contribution is 7.92. The van der Waals surface area contributed by atoms with Crippen LogP contribution >= 0.6 is 0 Å². The van der Waals surface area contributed by atoms with Crippen LogP contribution in [0, 0.1) is 26.7 Å². The number of hydrogen-bond acceptors (Lipinski definition) is 3. The molecule has 1 aliphatic rings. The van der Waals surface area contributed by atoms with E-state index in [-0.39, 0.29) is 0 Å². The van der Waals surface area contributed by atoms with Crippen LogP contribution in [0.4, 0.5) is 5.69 Å². The Kier molecular flexibility index (Phi) is 4.30. The zero-order valence-corrected chi connectivity index (χ0v) is 17.0. The molecule has 1 N–H and O–H groups in total. The van der Waals surface area contributed by atoms with Gasteiger partial charge in [0.25, 0.3) is 10.0 Å². The Labute approximate surface area is 160 Å². The van der Waals surface area contributed by atoms with E-state index < -0.39 is 10.0 Å². The van der Waals surface area contributed by atoms with Crippen molar-refractivity contribution in [1.82, 2.24) is 0 Å². The molecule has 4 rings (SSSR count). The number of furan rings is 1. The van der Waals surface area contributed by atoms with Gasteiger partial charge in [-0.1, -0.05) is 13.0 Å². The second kappa shape index (κ2) is 6.41. The van der Waals surface area contributed by atoms with Gasteiger partial charge in [-0.25, -0.2) is 8.42 Å². The van der Waals surface area contributed by atoms with Crippen molar-refractivity contribution in [2.24, 2.45) is 5.92 Å². The molecule has 27 heavy (non-hydrogen) atoms. The van der Waals surface area contributed by atoms with E-state index in [9.17, 15) is 8.42 Å². The van der Waals surface area contributed by atoms with E-state index in [1.165, 1.54) is 5.56 Å². The summed E-state index contributed by atoms with van der Waals surface area (Å²) < 4.78 is 34.7. The summed E-state index contributed by atoms with van der Waals surface area (Å²) in [5, 5.41) is 1.02. The lowest BCUT2D eigenvalue weighted by atomic mass is 9.88. The largest absolute Gasteiger partial charge is 0.461 e. The van der Waals surface area contributed by atoms with Gasteiger partial charge in [-0.2, -0.15) is 0 Å². The maximum absolute atomic E-state index is 13.0. The third-order valence-corrected chi connectivity index (χ3v) is 7.15. The topological polar surface area (TPSA) is 59.3 Å². The molecule has 0 saturated heterocycles. The van der Waals surface area contributed by atoms with Crippen LogP contribution in [0.3, 0.4) is 0 Å². The summed E-state index contributed by atoms with van der Waals surface area (Å²) in [4.78, 5) is 0.327. The molecule has 1 atom stereocenters. The summed E-state index contributed by atoms with van der Waals surface area (Å²) in [6.45, 7) is 8.00. The molecule has 1 aliphatic carbocycles. The number of aryl methyl sites for hydroxylation is 4. The summed E-state index contributed by atoms with van der Waals surface area (Å²) in [7, 11) is -3.65. The molecule has 0 fully saturated rings. The summed E-state index contributed by atoms with van der Waals surface area (Å²) in [5.41, 5.74) is 5.44. The summed E-state index contributed by atoms with van der Waals surface area (Å²) in [5.74, 6) is 1.67. The lowest BCUT2D eigenvalue weighted by Gasteiger charge is -2.17. The summed E-state index contributed by atoms with van der Waals surface area (Å²) >= 11 is 0. The van der Waals surface area contributed by atoms with Crippen molar-refractivity contribution in [2.45, 2.75) is 51.9 Å². The molecule has 2 aromatic carbocycles. The predicted octanol–water partition coefficient (Wildman–Crippen LogP) is 5.28. The number of fused-ring (bicyclic) bond motifs is 3. The lowest BCUT2D eigenvalue weighted by Crippen LogP contribution is -2.15. The second-order valence-electron chi connectivity index (χ2n) is 7.87. The molecular weight excluding hydrogens is 358 g/mol. The Morgan fingerprint density at radius 1 is 1.04 bits per heavy atom.